The van der Waals surface area contributed by atoms with E-state index in [9.17, 15) is 4.79 Å². The van der Waals surface area contributed by atoms with Crippen LogP contribution in [0.25, 0.3) is 0 Å². The maximum Gasteiger partial charge on any atom is 0.168 e. The fourth-order valence-corrected chi connectivity index (χ4v) is 2.75. The van der Waals surface area contributed by atoms with E-state index in [0.29, 0.717) is 12.5 Å². The summed E-state index contributed by atoms with van der Waals surface area (Å²) >= 11 is 3.47. The van der Waals surface area contributed by atoms with E-state index in [1.165, 1.54) is 0 Å². The van der Waals surface area contributed by atoms with E-state index in [-0.39, 0.29) is 5.78 Å². The van der Waals surface area contributed by atoms with Crippen molar-refractivity contribution in [3.05, 3.63) is 51.8 Å². The molecular formula is C17H21BrN2O. The number of Topliss-reactive ketones (excluding diaryl/α,β-unsaturated/α-hetero) is 1. The zero-order chi connectivity index (χ0) is 15.4. The number of ketones is 1. The molecule has 0 fully saturated rings. The summed E-state index contributed by atoms with van der Waals surface area (Å²) in [6, 6.07) is 8.08. The van der Waals surface area contributed by atoms with E-state index < -0.39 is 0 Å². The summed E-state index contributed by atoms with van der Waals surface area (Å²) in [4.78, 5) is 12.3. The van der Waals surface area contributed by atoms with E-state index >= 15 is 0 Å². The van der Waals surface area contributed by atoms with Gasteiger partial charge in [-0.2, -0.15) is 5.10 Å². The van der Waals surface area contributed by atoms with E-state index in [0.717, 1.165) is 34.1 Å². The first kappa shape index (κ1) is 16.0. The third-order valence-electron chi connectivity index (χ3n) is 3.82. The maximum absolute atomic E-state index is 12.3. The molecule has 0 radical (unpaired) electrons. The van der Waals surface area contributed by atoms with Crippen molar-refractivity contribution in [1.29, 1.82) is 0 Å². The fourth-order valence-electron chi connectivity index (χ4n) is 2.37. The number of carbonyl (C=O) groups is 1. The third-order valence-corrected chi connectivity index (χ3v) is 4.67. The van der Waals surface area contributed by atoms with Gasteiger partial charge in [0.05, 0.1) is 18.2 Å². The number of hydrogen-bond donors (Lipinski definition) is 0. The van der Waals surface area contributed by atoms with Crippen LogP contribution in [0.3, 0.4) is 0 Å². The molecule has 0 aliphatic heterocycles. The van der Waals surface area contributed by atoms with Gasteiger partial charge in [0, 0.05) is 16.2 Å². The summed E-state index contributed by atoms with van der Waals surface area (Å²) in [5.74, 6) is 0.102. The van der Waals surface area contributed by atoms with E-state index in [1.54, 1.807) is 0 Å². The molecule has 0 aliphatic rings. The minimum atomic E-state index is 0.102. The Morgan fingerprint density at radius 3 is 2.62 bits per heavy atom. The summed E-state index contributed by atoms with van der Waals surface area (Å²) in [6.45, 7) is 6.32. The molecule has 2 aromatic rings. The van der Waals surface area contributed by atoms with E-state index in [2.05, 4.69) is 34.9 Å². The number of rotatable bonds is 6. The van der Waals surface area contributed by atoms with Crippen LogP contribution in [0.5, 0.6) is 0 Å². The van der Waals surface area contributed by atoms with Gasteiger partial charge in [-0.15, -0.1) is 0 Å². The van der Waals surface area contributed by atoms with Crippen molar-refractivity contribution >= 4 is 21.7 Å². The van der Waals surface area contributed by atoms with Crippen LogP contribution in [0, 0.1) is 6.92 Å². The zero-order valence-corrected chi connectivity index (χ0v) is 14.4. The number of benzene rings is 1. The molecule has 0 spiro atoms. The molecule has 0 amide bonds. The Hall–Kier alpha value is -1.42. The Bertz CT molecular complexity index is 629. The monoisotopic (exact) mass is 348 g/mol. The SMILES string of the molecule is CCC(CC)n1ccc(CC(=O)c2ccc(C)c(Br)c2)n1. The second-order valence-corrected chi connectivity index (χ2v) is 6.18. The Labute approximate surface area is 134 Å². The first-order chi connectivity index (χ1) is 10.0. The average molecular weight is 349 g/mol. The van der Waals surface area contributed by atoms with Crippen LogP contribution in [0.2, 0.25) is 0 Å². The second kappa shape index (κ2) is 7.03. The number of hydrogen-bond acceptors (Lipinski definition) is 2. The number of nitrogens with zero attached hydrogens (tertiary/aromatic N) is 2. The second-order valence-electron chi connectivity index (χ2n) is 5.32. The van der Waals surface area contributed by atoms with Gasteiger partial charge < -0.3 is 0 Å². The summed E-state index contributed by atoms with van der Waals surface area (Å²) in [5, 5.41) is 4.54. The standard InChI is InChI=1S/C17H21BrN2O/c1-4-15(5-2)20-9-8-14(19-20)11-17(21)13-7-6-12(3)16(18)10-13/h6-10,15H,4-5,11H2,1-3H3. The van der Waals surface area contributed by atoms with Gasteiger partial charge in [-0.1, -0.05) is 41.9 Å². The van der Waals surface area contributed by atoms with Crippen molar-refractivity contribution in [2.75, 3.05) is 0 Å². The van der Waals surface area contributed by atoms with Crippen molar-refractivity contribution in [2.24, 2.45) is 0 Å². The quantitative estimate of drug-likeness (QED) is 0.706. The molecule has 4 heteroatoms. The Kier molecular flexibility index (Phi) is 5.34. The van der Waals surface area contributed by atoms with E-state index in [4.69, 9.17) is 0 Å². The molecule has 0 N–H and O–H groups in total. The van der Waals surface area contributed by atoms with Gasteiger partial charge in [0.15, 0.2) is 5.78 Å². The van der Waals surface area contributed by atoms with Gasteiger partial charge in [-0.25, -0.2) is 0 Å². The summed E-state index contributed by atoms with van der Waals surface area (Å²) in [7, 11) is 0. The van der Waals surface area contributed by atoms with Crippen molar-refractivity contribution in [3.8, 4) is 0 Å². The van der Waals surface area contributed by atoms with Crippen molar-refractivity contribution in [1.82, 2.24) is 9.78 Å². The predicted octanol–water partition coefficient (Wildman–Crippen LogP) is 4.74. The van der Waals surface area contributed by atoms with Gasteiger partial charge in [-0.3, -0.25) is 9.48 Å². The van der Waals surface area contributed by atoms with Crippen LogP contribution >= 0.6 is 15.9 Å². The number of aromatic nitrogens is 2. The van der Waals surface area contributed by atoms with Crippen molar-refractivity contribution < 1.29 is 4.79 Å². The van der Waals surface area contributed by atoms with Gasteiger partial charge in [0.25, 0.3) is 0 Å². The maximum atomic E-state index is 12.3. The van der Waals surface area contributed by atoms with Crippen molar-refractivity contribution in [2.45, 2.75) is 46.1 Å². The molecule has 0 unspecified atom stereocenters. The summed E-state index contributed by atoms with van der Waals surface area (Å²) < 4.78 is 2.95. The molecule has 0 saturated heterocycles. The summed E-state index contributed by atoms with van der Waals surface area (Å²) in [5.41, 5.74) is 2.69. The Balaban J connectivity index is 2.11. The van der Waals surface area contributed by atoms with Crippen LogP contribution in [-0.4, -0.2) is 15.6 Å². The van der Waals surface area contributed by atoms with Gasteiger partial charge >= 0.3 is 0 Å². The van der Waals surface area contributed by atoms with Gasteiger partial charge in [0.1, 0.15) is 0 Å². The van der Waals surface area contributed by atoms with Crippen LogP contribution in [0.15, 0.2) is 34.9 Å². The lowest BCUT2D eigenvalue weighted by atomic mass is 10.1. The number of aryl methyl sites for hydroxylation is 1. The van der Waals surface area contributed by atoms with Gasteiger partial charge in [0.2, 0.25) is 0 Å². The van der Waals surface area contributed by atoms with Crippen molar-refractivity contribution in [3.63, 3.8) is 0 Å². The largest absolute Gasteiger partial charge is 0.294 e. The summed E-state index contributed by atoms with van der Waals surface area (Å²) in [6.07, 6.45) is 4.43. The van der Waals surface area contributed by atoms with E-state index in [1.807, 2.05) is 42.1 Å². The highest BCUT2D eigenvalue weighted by atomic mass is 79.9. The number of carbonyl (C=O) groups excluding carboxylic acids is 1. The lowest BCUT2D eigenvalue weighted by molar-refractivity contribution is 0.0991. The lowest BCUT2D eigenvalue weighted by Crippen LogP contribution is -2.09. The smallest absolute Gasteiger partial charge is 0.168 e. The molecule has 0 bridgehead atoms. The molecule has 3 nitrogen and oxygen atoms in total. The van der Waals surface area contributed by atoms with Crippen LogP contribution in [0.1, 0.15) is 54.3 Å². The molecule has 21 heavy (non-hydrogen) atoms. The number of halogens is 1. The molecule has 1 aromatic carbocycles. The minimum absolute atomic E-state index is 0.102. The predicted molar refractivity (Wildman–Crippen MR) is 88.8 cm³/mol. The molecule has 0 atom stereocenters. The molecule has 1 aromatic heterocycles. The third kappa shape index (κ3) is 3.82. The topological polar surface area (TPSA) is 34.9 Å². The lowest BCUT2D eigenvalue weighted by Gasteiger charge is -2.12. The average Bonchev–Trinajstić information content (AvgIpc) is 2.91. The van der Waals surface area contributed by atoms with Gasteiger partial charge in [-0.05, 0) is 37.5 Å². The zero-order valence-electron chi connectivity index (χ0n) is 12.8. The van der Waals surface area contributed by atoms with Crippen LogP contribution in [0.4, 0.5) is 0 Å². The normalized spacial score (nSPS) is 11.1. The Morgan fingerprint density at radius 2 is 2.00 bits per heavy atom. The highest BCUT2D eigenvalue weighted by Crippen LogP contribution is 2.19. The first-order valence-corrected chi connectivity index (χ1v) is 8.17. The van der Waals surface area contributed by atoms with Crippen LogP contribution in [-0.2, 0) is 6.42 Å². The molecule has 112 valence electrons. The Morgan fingerprint density at radius 1 is 1.29 bits per heavy atom. The van der Waals surface area contributed by atoms with Crippen LogP contribution < -0.4 is 0 Å². The molecule has 1 heterocycles. The highest BCUT2D eigenvalue weighted by molar-refractivity contribution is 9.10. The molecular weight excluding hydrogens is 328 g/mol. The highest BCUT2D eigenvalue weighted by Gasteiger charge is 2.12. The minimum Gasteiger partial charge on any atom is -0.294 e. The molecule has 0 saturated carbocycles. The first-order valence-electron chi connectivity index (χ1n) is 7.38. The fraction of sp³-hybridized carbons (Fsp3) is 0.412. The molecule has 2 rings (SSSR count). The molecule has 0 aliphatic carbocycles.